The van der Waals surface area contributed by atoms with Gasteiger partial charge in [-0.1, -0.05) is 18.2 Å². The lowest BCUT2D eigenvalue weighted by atomic mass is 9.76. The van der Waals surface area contributed by atoms with Crippen molar-refractivity contribution >= 4 is 10.9 Å². The second kappa shape index (κ2) is 5.54. The van der Waals surface area contributed by atoms with E-state index < -0.39 is 0 Å². The molecule has 1 aromatic carbocycles. The maximum atomic E-state index is 6.08. The van der Waals surface area contributed by atoms with Gasteiger partial charge in [-0.25, -0.2) is 0 Å². The number of para-hydroxylation sites is 1. The molecule has 0 bridgehead atoms. The number of nitrogens with zero attached hydrogens (tertiary/aromatic N) is 2. The molecular formula is C16H23N3O. The number of hydrogen-bond donors (Lipinski definition) is 1. The van der Waals surface area contributed by atoms with Gasteiger partial charge in [0.15, 0.2) is 0 Å². The third-order valence-electron chi connectivity index (χ3n) is 4.56. The summed E-state index contributed by atoms with van der Waals surface area (Å²) >= 11 is 0. The third-order valence-corrected chi connectivity index (χ3v) is 4.56. The monoisotopic (exact) mass is 273 g/mol. The van der Waals surface area contributed by atoms with Crippen LogP contribution in [0.4, 0.5) is 0 Å². The summed E-state index contributed by atoms with van der Waals surface area (Å²) in [4.78, 5) is 0. The zero-order chi connectivity index (χ0) is 14.0. The molecule has 0 saturated carbocycles. The van der Waals surface area contributed by atoms with Crippen LogP contribution >= 0.6 is 0 Å². The van der Waals surface area contributed by atoms with Gasteiger partial charge in [0.1, 0.15) is 0 Å². The topological polar surface area (TPSA) is 53.1 Å². The van der Waals surface area contributed by atoms with Gasteiger partial charge >= 0.3 is 0 Å². The second-order valence-electron chi connectivity index (χ2n) is 5.77. The summed E-state index contributed by atoms with van der Waals surface area (Å²) < 4.78 is 7.59. The number of fused-ring (bicyclic) bond motifs is 1. The van der Waals surface area contributed by atoms with Crippen molar-refractivity contribution in [1.29, 1.82) is 0 Å². The van der Waals surface area contributed by atoms with Gasteiger partial charge in [0.05, 0.1) is 11.2 Å². The minimum Gasteiger partial charge on any atom is -0.381 e. The molecule has 0 unspecified atom stereocenters. The van der Waals surface area contributed by atoms with Crippen LogP contribution in [0.25, 0.3) is 10.9 Å². The van der Waals surface area contributed by atoms with Crippen LogP contribution < -0.4 is 5.73 Å². The van der Waals surface area contributed by atoms with Crippen molar-refractivity contribution in [3.63, 3.8) is 0 Å². The van der Waals surface area contributed by atoms with E-state index in [4.69, 9.17) is 15.6 Å². The van der Waals surface area contributed by atoms with Crippen molar-refractivity contribution in [2.45, 2.75) is 32.7 Å². The zero-order valence-corrected chi connectivity index (χ0v) is 12.1. The van der Waals surface area contributed by atoms with Crippen LogP contribution in [0.5, 0.6) is 0 Å². The molecule has 1 aliphatic rings. The van der Waals surface area contributed by atoms with E-state index in [2.05, 4.69) is 35.9 Å². The van der Waals surface area contributed by atoms with Crippen molar-refractivity contribution in [2.24, 2.45) is 11.1 Å². The van der Waals surface area contributed by atoms with Gasteiger partial charge in [-0.2, -0.15) is 5.10 Å². The van der Waals surface area contributed by atoms with E-state index in [1.165, 1.54) is 16.6 Å². The fourth-order valence-electron chi connectivity index (χ4n) is 3.18. The molecule has 1 fully saturated rings. The molecule has 0 spiro atoms. The molecule has 0 atom stereocenters. The van der Waals surface area contributed by atoms with Crippen LogP contribution in [-0.2, 0) is 17.7 Å². The highest BCUT2D eigenvalue weighted by atomic mass is 16.5. The Bertz CT molecular complexity index is 584. The molecule has 4 nitrogen and oxygen atoms in total. The SMILES string of the molecule is CCn1nc(CC2(CN)CCOCC2)c2ccccc21. The molecule has 108 valence electrons. The van der Waals surface area contributed by atoms with E-state index in [1.54, 1.807) is 0 Å². The Morgan fingerprint density at radius 1 is 1.30 bits per heavy atom. The van der Waals surface area contributed by atoms with E-state index in [1.807, 2.05) is 0 Å². The minimum atomic E-state index is 0.161. The number of rotatable bonds is 4. The number of hydrogen-bond acceptors (Lipinski definition) is 3. The van der Waals surface area contributed by atoms with E-state index in [0.29, 0.717) is 6.54 Å². The lowest BCUT2D eigenvalue weighted by molar-refractivity contribution is 0.0188. The maximum absolute atomic E-state index is 6.08. The standard InChI is InChI=1S/C16H23N3O/c1-2-19-15-6-4-3-5-13(15)14(18-19)11-16(12-17)7-9-20-10-8-16/h3-6H,2,7-12,17H2,1H3. The zero-order valence-electron chi connectivity index (χ0n) is 12.1. The van der Waals surface area contributed by atoms with Crippen LogP contribution in [0.3, 0.4) is 0 Å². The van der Waals surface area contributed by atoms with E-state index >= 15 is 0 Å². The smallest absolute Gasteiger partial charge is 0.0709 e. The Morgan fingerprint density at radius 3 is 2.75 bits per heavy atom. The molecule has 2 aromatic rings. The number of benzene rings is 1. The van der Waals surface area contributed by atoms with Crippen LogP contribution in [0.2, 0.25) is 0 Å². The Kier molecular flexibility index (Phi) is 3.76. The summed E-state index contributed by atoms with van der Waals surface area (Å²) in [6.45, 7) is 5.40. The summed E-state index contributed by atoms with van der Waals surface area (Å²) in [5.74, 6) is 0. The molecule has 2 heterocycles. The molecular weight excluding hydrogens is 250 g/mol. The van der Waals surface area contributed by atoms with Crippen molar-refractivity contribution in [2.75, 3.05) is 19.8 Å². The molecule has 0 radical (unpaired) electrons. The largest absolute Gasteiger partial charge is 0.381 e. The lowest BCUT2D eigenvalue weighted by Crippen LogP contribution is -2.38. The van der Waals surface area contributed by atoms with Crippen molar-refractivity contribution in [1.82, 2.24) is 9.78 Å². The van der Waals surface area contributed by atoms with Gasteiger partial charge in [-0.3, -0.25) is 4.68 Å². The first-order chi connectivity index (χ1) is 9.78. The molecule has 1 aliphatic heterocycles. The van der Waals surface area contributed by atoms with Crippen molar-refractivity contribution < 1.29 is 4.74 Å². The molecule has 4 heteroatoms. The molecule has 0 aliphatic carbocycles. The Morgan fingerprint density at radius 2 is 2.05 bits per heavy atom. The summed E-state index contributed by atoms with van der Waals surface area (Å²) in [6.07, 6.45) is 3.04. The van der Waals surface area contributed by atoms with Gasteiger partial charge in [-0.15, -0.1) is 0 Å². The van der Waals surface area contributed by atoms with Crippen LogP contribution in [-0.4, -0.2) is 29.5 Å². The fourth-order valence-corrected chi connectivity index (χ4v) is 3.18. The maximum Gasteiger partial charge on any atom is 0.0709 e. The second-order valence-corrected chi connectivity index (χ2v) is 5.77. The highest BCUT2D eigenvalue weighted by Crippen LogP contribution is 2.34. The molecule has 3 rings (SSSR count). The first-order valence-electron chi connectivity index (χ1n) is 7.50. The summed E-state index contributed by atoms with van der Waals surface area (Å²) in [6, 6.07) is 8.49. The highest BCUT2D eigenvalue weighted by molar-refractivity contribution is 5.82. The number of aryl methyl sites for hydroxylation is 1. The Balaban J connectivity index is 1.97. The quantitative estimate of drug-likeness (QED) is 0.930. The lowest BCUT2D eigenvalue weighted by Gasteiger charge is -2.35. The van der Waals surface area contributed by atoms with Crippen LogP contribution in [0.1, 0.15) is 25.5 Å². The molecule has 2 N–H and O–H groups in total. The van der Waals surface area contributed by atoms with Gasteiger partial charge < -0.3 is 10.5 Å². The summed E-state index contributed by atoms with van der Waals surface area (Å²) in [7, 11) is 0. The first-order valence-corrected chi connectivity index (χ1v) is 7.50. The van der Waals surface area contributed by atoms with Gasteiger partial charge in [0.25, 0.3) is 0 Å². The third kappa shape index (κ3) is 2.34. The first kappa shape index (κ1) is 13.6. The molecule has 20 heavy (non-hydrogen) atoms. The van der Waals surface area contributed by atoms with E-state index in [-0.39, 0.29) is 5.41 Å². The average Bonchev–Trinajstić information content (AvgIpc) is 2.86. The number of nitrogens with two attached hydrogens (primary N) is 1. The van der Waals surface area contributed by atoms with Gasteiger partial charge in [0, 0.05) is 25.1 Å². The summed E-state index contributed by atoms with van der Waals surface area (Å²) in [5, 5.41) is 6.09. The fraction of sp³-hybridized carbons (Fsp3) is 0.562. The highest BCUT2D eigenvalue weighted by Gasteiger charge is 2.33. The van der Waals surface area contributed by atoms with Gasteiger partial charge in [-0.05, 0) is 44.2 Å². The predicted octanol–water partition coefficient (Wildman–Crippen LogP) is 2.35. The van der Waals surface area contributed by atoms with Crippen molar-refractivity contribution in [3.05, 3.63) is 30.0 Å². The van der Waals surface area contributed by atoms with E-state index in [9.17, 15) is 0 Å². The number of ether oxygens (including phenoxy) is 1. The van der Waals surface area contributed by atoms with Crippen molar-refractivity contribution in [3.8, 4) is 0 Å². The Labute approximate surface area is 119 Å². The normalized spacial score (nSPS) is 18.5. The molecule has 1 aromatic heterocycles. The molecule has 1 saturated heterocycles. The van der Waals surface area contributed by atoms with Crippen LogP contribution in [0.15, 0.2) is 24.3 Å². The Hall–Kier alpha value is -1.39. The van der Waals surface area contributed by atoms with E-state index in [0.717, 1.165) is 39.0 Å². The van der Waals surface area contributed by atoms with Gasteiger partial charge in [0.2, 0.25) is 0 Å². The predicted molar refractivity (Wildman–Crippen MR) is 80.7 cm³/mol. The summed E-state index contributed by atoms with van der Waals surface area (Å²) in [5.41, 5.74) is 8.66. The average molecular weight is 273 g/mol. The minimum absolute atomic E-state index is 0.161. The molecule has 0 amide bonds. The number of aromatic nitrogens is 2. The van der Waals surface area contributed by atoms with Crippen LogP contribution in [0, 0.1) is 5.41 Å².